The molecule has 166 valence electrons. The molecule has 4 atom stereocenters. The number of hydrogen-bond donors (Lipinski definition) is 2. The van der Waals surface area contributed by atoms with E-state index in [0.29, 0.717) is 16.5 Å². The van der Waals surface area contributed by atoms with Crippen molar-refractivity contribution in [2.24, 2.45) is 0 Å². The zero-order chi connectivity index (χ0) is 22.0. The van der Waals surface area contributed by atoms with Crippen molar-refractivity contribution in [3.63, 3.8) is 0 Å². The standard InChI is InChI=1S/C20H21ClN2O7S/c1-27-14-6-4-13(5-7-14)22-20(24)30-17-11-29-18-16(10-28-19(17)18)23-31(25,26)15-8-2-12(21)3-9-15/h2-9,16-19,23H,10-11H2,1H3,(H,22,24)/t16-,17-,18-,19+/m0/s1. The maximum atomic E-state index is 12.6. The van der Waals surface area contributed by atoms with Crippen molar-refractivity contribution in [3.8, 4) is 5.75 Å². The Balaban J connectivity index is 1.34. The van der Waals surface area contributed by atoms with Gasteiger partial charge >= 0.3 is 6.09 Å². The second kappa shape index (κ2) is 9.01. The molecule has 2 heterocycles. The van der Waals surface area contributed by atoms with Gasteiger partial charge in [0.15, 0.2) is 6.10 Å². The molecule has 2 aromatic carbocycles. The minimum atomic E-state index is -3.79. The van der Waals surface area contributed by atoms with Gasteiger partial charge in [-0.2, -0.15) is 0 Å². The van der Waals surface area contributed by atoms with Gasteiger partial charge in [-0.25, -0.2) is 17.9 Å². The zero-order valence-electron chi connectivity index (χ0n) is 16.5. The van der Waals surface area contributed by atoms with Crippen LogP contribution in [0.25, 0.3) is 0 Å². The number of carbonyl (C=O) groups excluding carboxylic acids is 1. The van der Waals surface area contributed by atoms with Crippen LogP contribution in [0.4, 0.5) is 10.5 Å². The van der Waals surface area contributed by atoms with E-state index in [0.717, 1.165) is 0 Å². The molecule has 9 nitrogen and oxygen atoms in total. The van der Waals surface area contributed by atoms with Crippen molar-refractivity contribution in [3.05, 3.63) is 53.6 Å². The van der Waals surface area contributed by atoms with E-state index in [-0.39, 0.29) is 18.1 Å². The molecule has 2 aliphatic heterocycles. The lowest BCUT2D eigenvalue weighted by molar-refractivity contribution is 0.00883. The quantitative estimate of drug-likeness (QED) is 0.669. The fraction of sp³-hybridized carbons (Fsp3) is 0.350. The zero-order valence-corrected chi connectivity index (χ0v) is 18.1. The highest BCUT2D eigenvalue weighted by Gasteiger charge is 2.50. The molecule has 0 saturated carbocycles. The third-order valence-electron chi connectivity index (χ3n) is 5.03. The van der Waals surface area contributed by atoms with Crippen molar-refractivity contribution in [2.45, 2.75) is 29.2 Å². The van der Waals surface area contributed by atoms with E-state index in [2.05, 4.69) is 10.0 Å². The Kier molecular flexibility index (Phi) is 6.35. The van der Waals surface area contributed by atoms with Crippen LogP contribution in [-0.4, -0.2) is 59.2 Å². The molecule has 0 spiro atoms. The van der Waals surface area contributed by atoms with Gasteiger partial charge in [0.2, 0.25) is 10.0 Å². The van der Waals surface area contributed by atoms with E-state index in [1.54, 1.807) is 31.4 Å². The molecule has 31 heavy (non-hydrogen) atoms. The largest absolute Gasteiger partial charge is 0.497 e. The Labute approximate surface area is 184 Å². The highest BCUT2D eigenvalue weighted by molar-refractivity contribution is 7.89. The summed E-state index contributed by atoms with van der Waals surface area (Å²) in [6.45, 7) is 0.201. The maximum Gasteiger partial charge on any atom is 0.412 e. The van der Waals surface area contributed by atoms with Crippen LogP contribution in [-0.2, 0) is 24.2 Å². The van der Waals surface area contributed by atoms with Crippen LogP contribution in [0.1, 0.15) is 0 Å². The van der Waals surface area contributed by atoms with Gasteiger partial charge in [0, 0.05) is 10.7 Å². The molecule has 2 saturated heterocycles. The van der Waals surface area contributed by atoms with Crippen molar-refractivity contribution in [1.29, 1.82) is 0 Å². The molecule has 0 unspecified atom stereocenters. The molecular formula is C20H21ClN2O7S. The number of sulfonamides is 1. The number of benzene rings is 2. The lowest BCUT2D eigenvalue weighted by atomic mass is 10.1. The van der Waals surface area contributed by atoms with Gasteiger partial charge in [0.05, 0.1) is 31.3 Å². The molecule has 4 rings (SSSR count). The maximum absolute atomic E-state index is 12.6. The first-order valence-electron chi connectivity index (χ1n) is 9.48. The van der Waals surface area contributed by atoms with Crippen molar-refractivity contribution < 1.29 is 32.2 Å². The second-order valence-electron chi connectivity index (χ2n) is 7.07. The van der Waals surface area contributed by atoms with Crippen molar-refractivity contribution in [1.82, 2.24) is 4.72 Å². The van der Waals surface area contributed by atoms with E-state index in [1.807, 2.05) is 0 Å². The summed E-state index contributed by atoms with van der Waals surface area (Å²) in [7, 11) is -2.23. The van der Waals surface area contributed by atoms with E-state index in [9.17, 15) is 13.2 Å². The number of ether oxygens (including phenoxy) is 4. The number of nitrogens with one attached hydrogen (secondary N) is 2. The van der Waals surface area contributed by atoms with Gasteiger partial charge < -0.3 is 18.9 Å². The van der Waals surface area contributed by atoms with Gasteiger partial charge in [-0.1, -0.05) is 11.6 Å². The summed E-state index contributed by atoms with van der Waals surface area (Å²) in [5.41, 5.74) is 0.544. The molecule has 2 N–H and O–H groups in total. The third kappa shape index (κ3) is 4.94. The monoisotopic (exact) mass is 468 g/mol. The number of carbonyl (C=O) groups is 1. The molecule has 0 aromatic heterocycles. The summed E-state index contributed by atoms with van der Waals surface area (Å²) in [4.78, 5) is 12.3. The summed E-state index contributed by atoms with van der Waals surface area (Å²) in [5, 5.41) is 3.07. The molecule has 0 aliphatic carbocycles. The molecule has 11 heteroatoms. The lowest BCUT2D eigenvalue weighted by Crippen LogP contribution is -2.44. The van der Waals surface area contributed by atoms with Crippen molar-refractivity contribution in [2.75, 3.05) is 25.6 Å². The summed E-state index contributed by atoms with van der Waals surface area (Å²) >= 11 is 5.82. The first-order valence-corrected chi connectivity index (χ1v) is 11.3. The normalized spacial score (nSPS) is 25.1. The highest BCUT2D eigenvalue weighted by Crippen LogP contribution is 2.30. The molecule has 1 amide bonds. The number of fused-ring (bicyclic) bond motifs is 1. The van der Waals surface area contributed by atoms with Crippen LogP contribution >= 0.6 is 11.6 Å². The van der Waals surface area contributed by atoms with E-state index in [1.165, 1.54) is 24.3 Å². The number of methoxy groups -OCH3 is 1. The molecule has 2 aliphatic rings. The summed E-state index contributed by atoms with van der Waals surface area (Å²) < 4.78 is 49.7. The van der Waals surface area contributed by atoms with E-state index >= 15 is 0 Å². The second-order valence-corrected chi connectivity index (χ2v) is 9.23. The van der Waals surface area contributed by atoms with Gasteiger partial charge in [0.1, 0.15) is 18.0 Å². The fourth-order valence-corrected chi connectivity index (χ4v) is 4.86. The average molecular weight is 469 g/mol. The number of anilines is 1. The fourth-order valence-electron chi connectivity index (χ4n) is 3.51. The predicted octanol–water partition coefficient (Wildman–Crippen LogP) is 2.41. The smallest absolute Gasteiger partial charge is 0.412 e. The van der Waals surface area contributed by atoms with Crippen LogP contribution in [0.5, 0.6) is 5.75 Å². The molecule has 0 bridgehead atoms. The lowest BCUT2D eigenvalue weighted by Gasteiger charge is -2.18. The number of hydrogen-bond acceptors (Lipinski definition) is 7. The average Bonchev–Trinajstić information content (AvgIpc) is 3.32. The highest BCUT2D eigenvalue weighted by atomic mass is 35.5. The van der Waals surface area contributed by atoms with E-state index < -0.39 is 40.5 Å². The minimum absolute atomic E-state index is 0.0880. The van der Waals surface area contributed by atoms with Crippen molar-refractivity contribution >= 4 is 33.4 Å². The van der Waals surface area contributed by atoms with Crippen LogP contribution < -0.4 is 14.8 Å². The Hall–Kier alpha value is -2.37. The Morgan fingerprint density at radius 3 is 2.39 bits per heavy atom. The van der Waals surface area contributed by atoms with Gasteiger partial charge in [-0.05, 0) is 48.5 Å². The topological polar surface area (TPSA) is 112 Å². The predicted molar refractivity (Wildman–Crippen MR) is 112 cm³/mol. The number of amides is 1. The van der Waals surface area contributed by atoms with Gasteiger partial charge in [0.25, 0.3) is 0 Å². The van der Waals surface area contributed by atoms with Gasteiger partial charge in [-0.15, -0.1) is 0 Å². The number of halogens is 1. The molecule has 2 aromatic rings. The van der Waals surface area contributed by atoms with Crippen LogP contribution in [0.2, 0.25) is 5.02 Å². The molecular weight excluding hydrogens is 448 g/mol. The van der Waals surface area contributed by atoms with Crippen LogP contribution in [0.3, 0.4) is 0 Å². The van der Waals surface area contributed by atoms with Gasteiger partial charge in [-0.3, -0.25) is 5.32 Å². The van der Waals surface area contributed by atoms with E-state index in [4.69, 9.17) is 30.5 Å². The molecule has 0 radical (unpaired) electrons. The van der Waals surface area contributed by atoms with Crippen LogP contribution in [0.15, 0.2) is 53.4 Å². The third-order valence-corrected chi connectivity index (χ3v) is 6.79. The number of rotatable bonds is 6. The SMILES string of the molecule is COc1ccc(NC(=O)O[C@H]2CO[C@@H]3[C@@H]2OC[C@@H]3NS(=O)(=O)c2ccc(Cl)cc2)cc1. The Morgan fingerprint density at radius 2 is 1.71 bits per heavy atom. The first kappa shape index (κ1) is 21.8. The Bertz CT molecular complexity index is 1030. The van der Waals surface area contributed by atoms with Crippen LogP contribution in [0, 0.1) is 0 Å². The summed E-state index contributed by atoms with van der Waals surface area (Å²) in [6.07, 6.45) is -2.46. The minimum Gasteiger partial charge on any atom is -0.497 e. The molecule has 2 fully saturated rings. The Morgan fingerprint density at radius 1 is 1.03 bits per heavy atom. The first-order chi connectivity index (χ1) is 14.9. The summed E-state index contributed by atoms with van der Waals surface area (Å²) in [5.74, 6) is 0.664. The summed E-state index contributed by atoms with van der Waals surface area (Å²) in [6, 6.07) is 12.0.